The van der Waals surface area contributed by atoms with E-state index in [4.69, 9.17) is 5.26 Å². The Morgan fingerprint density at radius 1 is 1.14 bits per heavy atom. The number of benzene rings is 2. The highest BCUT2D eigenvalue weighted by molar-refractivity contribution is 5.83. The summed E-state index contributed by atoms with van der Waals surface area (Å²) in [7, 11) is 0. The van der Waals surface area contributed by atoms with Gasteiger partial charge in [-0.2, -0.15) is 5.26 Å². The number of nitriles is 1. The molecule has 0 aliphatic heterocycles. The summed E-state index contributed by atoms with van der Waals surface area (Å²) >= 11 is 0. The Bertz CT molecular complexity index is 840. The first-order valence-electron chi connectivity index (χ1n) is 6.98. The number of fused-ring (bicyclic) bond motifs is 1. The van der Waals surface area contributed by atoms with Crippen LogP contribution in [0.4, 0.5) is 4.39 Å². The van der Waals surface area contributed by atoms with Crippen LogP contribution in [0.25, 0.3) is 10.9 Å². The number of hydrogen-bond donors (Lipinski definition) is 0. The summed E-state index contributed by atoms with van der Waals surface area (Å²) in [6, 6.07) is 16.6. The number of halogens is 1. The molecule has 2 aromatic carbocycles. The van der Waals surface area contributed by atoms with E-state index in [0.717, 1.165) is 22.9 Å². The Balaban J connectivity index is 2.10. The van der Waals surface area contributed by atoms with Crippen molar-refractivity contribution in [2.75, 3.05) is 0 Å². The molecule has 1 heterocycles. The van der Waals surface area contributed by atoms with Gasteiger partial charge in [-0.3, -0.25) is 0 Å². The van der Waals surface area contributed by atoms with Crippen molar-refractivity contribution >= 4 is 10.9 Å². The van der Waals surface area contributed by atoms with E-state index in [1.54, 1.807) is 12.1 Å². The molecule has 0 atom stereocenters. The van der Waals surface area contributed by atoms with Gasteiger partial charge in [0, 0.05) is 23.1 Å². The molecule has 3 rings (SSSR count). The fraction of sp³-hybridized carbons (Fsp3) is 0.167. The highest BCUT2D eigenvalue weighted by Crippen LogP contribution is 2.23. The molecule has 2 nitrogen and oxygen atoms in total. The van der Waals surface area contributed by atoms with Crippen LogP contribution in [0.1, 0.15) is 23.7 Å². The molecule has 3 heteroatoms. The lowest BCUT2D eigenvalue weighted by atomic mass is 10.1. The van der Waals surface area contributed by atoms with Gasteiger partial charge in [0.1, 0.15) is 5.82 Å². The minimum absolute atomic E-state index is 0.214. The Kier molecular flexibility index (Phi) is 3.45. The second-order valence-corrected chi connectivity index (χ2v) is 5.09. The van der Waals surface area contributed by atoms with Crippen molar-refractivity contribution in [1.82, 2.24) is 4.57 Å². The van der Waals surface area contributed by atoms with Crippen LogP contribution >= 0.6 is 0 Å². The monoisotopic (exact) mass is 278 g/mol. The smallest absolute Gasteiger partial charge is 0.123 e. The van der Waals surface area contributed by atoms with Gasteiger partial charge in [-0.25, -0.2) is 4.39 Å². The first-order valence-corrected chi connectivity index (χ1v) is 6.98. The van der Waals surface area contributed by atoms with Gasteiger partial charge in [-0.1, -0.05) is 19.1 Å². The minimum Gasteiger partial charge on any atom is -0.340 e. The van der Waals surface area contributed by atoms with Crippen LogP contribution < -0.4 is 0 Å². The molecule has 0 spiro atoms. The van der Waals surface area contributed by atoms with Crippen LogP contribution in [0.3, 0.4) is 0 Å². The predicted molar refractivity (Wildman–Crippen MR) is 81.5 cm³/mol. The van der Waals surface area contributed by atoms with Crippen LogP contribution in [0.15, 0.2) is 48.5 Å². The predicted octanol–water partition coefficient (Wildman–Crippen LogP) is 4.26. The highest BCUT2D eigenvalue weighted by Gasteiger charge is 2.09. The van der Waals surface area contributed by atoms with E-state index in [-0.39, 0.29) is 5.82 Å². The molecule has 0 saturated carbocycles. The van der Waals surface area contributed by atoms with Crippen molar-refractivity contribution in [3.05, 3.63) is 71.2 Å². The molecule has 21 heavy (non-hydrogen) atoms. The Hall–Kier alpha value is -2.60. The third-order valence-electron chi connectivity index (χ3n) is 3.71. The van der Waals surface area contributed by atoms with Gasteiger partial charge in [-0.05, 0) is 48.4 Å². The van der Waals surface area contributed by atoms with E-state index in [0.29, 0.717) is 12.1 Å². The Morgan fingerprint density at radius 2 is 2.00 bits per heavy atom. The molecule has 0 N–H and O–H groups in total. The van der Waals surface area contributed by atoms with Crippen molar-refractivity contribution in [3.8, 4) is 6.07 Å². The number of nitrogens with zero attached hydrogens (tertiary/aromatic N) is 2. The third-order valence-corrected chi connectivity index (χ3v) is 3.71. The first kappa shape index (κ1) is 13.4. The number of aryl methyl sites for hydroxylation is 1. The van der Waals surface area contributed by atoms with Crippen molar-refractivity contribution in [3.63, 3.8) is 0 Å². The largest absolute Gasteiger partial charge is 0.340 e. The normalized spacial score (nSPS) is 10.7. The van der Waals surface area contributed by atoms with Crippen molar-refractivity contribution in [2.24, 2.45) is 0 Å². The lowest BCUT2D eigenvalue weighted by Crippen LogP contribution is -2.03. The molecule has 0 bridgehead atoms. The molecule has 1 aromatic heterocycles. The van der Waals surface area contributed by atoms with Gasteiger partial charge in [0.05, 0.1) is 11.6 Å². The lowest BCUT2D eigenvalue weighted by molar-refractivity contribution is 0.623. The van der Waals surface area contributed by atoms with Crippen molar-refractivity contribution in [2.45, 2.75) is 19.9 Å². The zero-order valence-corrected chi connectivity index (χ0v) is 11.8. The van der Waals surface area contributed by atoms with Crippen LogP contribution in [-0.4, -0.2) is 4.57 Å². The Morgan fingerprint density at radius 3 is 2.71 bits per heavy atom. The van der Waals surface area contributed by atoms with Crippen molar-refractivity contribution in [1.29, 1.82) is 5.26 Å². The molecular weight excluding hydrogens is 263 g/mol. The molecule has 0 aliphatic rings. The second-order valence-electron chi connectivity index (χ2n) is 5.09. The van der Waals surface area contributed by atoms with Gasteiger partial charge in [0.15, 0.2) is 0 Å². The summed E-state index contributed by atoms with van der Waals surface area (Å²) in [6.45, 7) is 2.73. The summed E-state index contributed by atoms with van der Waals surface area (Å²) in [6.07, 6.45) is 0.895. The number of aromatic nitrogens is 1. The highest BCUT2D eigenvalue weighted by atomic mass is 19.1. The van der Waals surface area contributed by atoms with Crippen LogP contribution in [-0.2, 0) is 13.0 Å². The van der Waals surface area contributed by atoms with Crippen LogP contribution in [0.5, 0.6) is 0 Å². The molecule has 0 amide bonds. The summed E-state index contributed by atoms with van der Waals surface area (Å²) in [5, 5.41) is 10.1. The maximum absolute atomic E-state index is 13.3. The van der Waals surface area contributed by atoms with Crippen molar-refractivity contribution < 1.29 is 4.39 Å². The zero-order chi connectivity index (χ0) is 14.8. The topological polar surface area (TPSA) is 28.7 Å². The molecule has 0 radical (unpaired) electrons. The maximum Gasteiger partial charge on any atom is 0.123 e. The van der Waals surface area contributed by atoms with E-state index in [2.05, 4.69) is 23.6 Å². The average Bonchev–Trinajstić information content (AvgIpc) is 2.84. The fourth-order valence-electron chi connectivity index (χ4n) is 2.70. The first-order chi connectivity index (χ1) is 10.2. The minimum atomic E-state index is -0.214. The molecular formula is C18H15FN2. The molecule has 0 unspecified atom stereocenters. The van der Waals surface area contributed by atoms with Gasteiger partial charge < -0.3 is 4.57 Å². The van der Waals surface area contributed by atoms with E-state index < -0.39 is 0 Å². The van der Waals surface area contributed by atoms with Gasteiger partial charge in [0.2, 0.25) is 0 Å². The maximum atomic E-state index is 13.3. The molecule has 104 valence electrons. The van der Waals surface area contributed by atoms with Gasteiger partial charge >= 0.3 is 0 Å². The summed E-state index contributed by atoms with van der Waals surface area (Å²) < 4.78 is 15.5. The van der Waals surface area contributed by atoms with Crippen LogP contribution in [0.2, 0.25) is 0 Å². The Labute approximate surface area is 123 Å². The number of rotatable bonds is 3. The summed E-state index contributed by atoms with van der Waals surface area (Å²) in [5.74, 6) is -0.214. The summed E-state index contributed by atoms with van der Waals surface area (Å²) in [4.78, 5) is 0. The second kappa shape index (κ2) is 5.41. The summed E-state index contributed by atoms with van der Waals surface area (Å²) in [5.41, 5.74) is 3.86. The standard InChI is InChI=1S/C18H15FN2/c1-2-17-10-15-8-13(11-20)6-7-18(15)21(17)12-14-4-3-5-16(19)9-14/h3-10H,2,12H2,1H3. The van der Waals surface area contributed by atoms with E-state index in [1.165, 1.54) is 11.8 Å². The molecule has 0 fully saturated rings. The van der Waals surface area contributed by atoms with Crippen LogP contribution in [0, 0.1) is 17.1 Å². The molecule has 0 saturated heterocycles. The third kappa shape index (κ3) is 2.53. The van der Waals surface area contributed by atoms with Gasteiger partial charge in [-0.15, -0.1) is 0 Å². The molecule has 3 aromatic rings. The van der Waals surface area contributed by atoms with E-state index in [1.807, 2.05) is 24.3 Å². The number of hydrogen-bond acceptors (Lipinski definition) is 1. The van der Waals surface area contributed by atoms with Gasteiger partial charge in [0.25, 0.3) is 0 Å². The van der Waals surface area contributed by atoms with E-state index >= 15 is 0 Å². The lowest BCUT2D eigenvalue weighted by Gasteiger charge is -2.10. The fourth-order valence-corrected chi connectivity index (χ4v) is 2.70. The zero-order valence-electron chi connectivity index (χ0n) is 11.8. The van der Waals surface area contributed by atoms with E-state index in [9.17, 15) is 4.39 Å². The molecule has 0 aliphatic carbocycles. The quantitative estimate of drug-likeness (QED) is 0.703. The SMILES string of the molecule is CCc1cc2cc(C#N)ccc2n1Cc1cccc(F)c1. The average molecular weight is 278 g/mol.